The van der Waals surface area contributed by atoms with Crippen LogP contribution in [0.15, 0.2) is 36.7 Å². The molecule has 0 atom stereocenters. The molecule has 7 nitrogen and oxygen atoms in total. The first-order valence-corrected chi connectivity index (χ1v) is 6.42. The van der Waals surface area contributed by atoms with Crippen molar-refractivity contribution in [2.24, 2.45) is 0 Å². The number of rotatable bonds is 5. The lowest BCUT2D eigenvalue weighted by molar-refractivity contribution is 0.0697. The summed E-state index contributed by atoms with van der Waals surface area (Å²) < 4.78 is 1.70. The van der Waals surface area contributed by atoms with Crippen LogP contribution in [-0.2, 0) is 6.54 Å². The van der Waals surface area contributed by atoms with Crippen LogP contribution in [0.1, 0.15) is 15.9 Å². The van der Waals surface area contributed by atoms with Gasteiger partial charge >= 0.3 is 12.0 Å². The minimum absolute atomic E-state index is 0.132. The summed E-state index contributed by atoms with van der Waals surface area (Å²) in [7, 11) is 0. The molecule has 0 saturated carbocycles. The van der Waals surface area contributed by atoms with Gasteiger partial charge in [0.2, 0.25) is 0 Å². The molecule has 0 radical (unpaired) electrons. The molecule has 0 saturated heterocycles. The minimum atomic E-state index is -1.03. The minimum Gasteiger partial charge on any atom is -0.478 e. The average molecular weight is 288 g/mol. The summed E-state index contributed by atoms with van der Waals surface area (Å²) >= 11 is 0. The summed E-state index contributed by atoms with van der Waals surface area (Å²) in [5, 5.41) is 18.3. The largest absolute Gasteiger partial charge is 0.478 e. The topological polar surface area (TPSA) is 96.3 Å². The highest BCUT2D eigenvalue weighted by atomic mass is 16.4. The Labute approximate surface area is 121 Å². The highest BCUT2D eigenvalue weighted by Crippen LogP contribution is 2.16. The lowest BCUT2D eigenvalue weighted by Gasteiger charge is -2.10. The van der Waals surface area contributed by atoms with E-state index in [2.05, 4.69) is 15.7 Å². The predicted molar refractivity (Wildman–Crippen MR) is 77.4 cm³/mol. The molecule has 2 amide bonds. The number of hydrogen-bond donors (Lipinski definition) is 3. The first-order chi connectivity index (χ1) is 10.1. The van der Waals surface area contributed by atoms with E-state index in [4.69, 9.17) is 5.11 Å². The maximum absolute atomic E-state index is 11.8. The van der Waals surface area contributed by atoms with Crippen LogP contribution in [0.3, 0.4) is 0 Å². The highest BCUT2D eigenvalue weighted by molar-refractivity contribution is 5.93. The lowest BCUT2D eigenvalue weighted by Crippen LogP contribution is -2.31. The second kappa shape index (κ2) is 6.56. The summed E-state index contributed by atoms with van der Waals surface area (Å²) in [5.74, 6) is -1.03. The van der Waals surface area contributed by atoms with E-state index in [0.29, 0.717) is 18.8 Å². The molecule has 1 heterocycles. The first kappa shape index (κ1) is 14.6. The van der Waals surface area contributed by atoms with Crippen LogP contribution in [0, 0.1) is 6.92 Å². The van der Waals surface area contributed by atoms with Crippen molar-refractivity contribution in [2.45, 2.75) is 13.5 Å². The molecule has 0 bridgehead atoms. The van der Waals surface area contributed by atoms with Crippen LogP contribution in [0.25, 0.3) is 0 Å². The quantitative estimate of drug-likeness (QED) is 0.780. The van der Waals surface area contributed by atoms with Gasteiger partial charge in [-0.15, -0.1) is 0 Å². The van der Waals surface area contributed by atoms with E-state index in [1.807, 2.05) is 0 Å². The highest BCUT2D eigenvalue weighted by Gasteiger charge is 2.08. The Morgan fingerprint density at radius 2 is 2.19 bits per heavy atom. The number of urea groups is 1. The smallest absolute Gasteiger partial charge is 0.335 e. The van der Waals surface area contributed by atoms with Gasteiger partial charge in [0.1, 0.15) is 0 Å². The Kier molecular flexibility index (Phi) is 4.55. The van der Waals surface area contributed by atoms with Gasteiger partial charge in [-0.2, -0.15) is 5.10 Å². The van der Waals surface area contributed by atoms with Gasteiger partial charge in [0.05, 0.1) is 12.1 Å². The fraction of sp³-hybridized carbons (Fsp3) is 0.214. The molecule has 21 heavy (non-hydrogen) atoms. The number of amides is 2. The molecule has 0 aliphatic carbocycles. The Morgan fingerprint density at radius 3 is 2.86 bits per heavy atom. The molecule has 1 aromatic carbocycles. The van der Waals surface area contributed by atoms with E-state index in [0.717, 1.165) is 5.56 Å². The molecule has 0 unspecified atom stereocenters. The number of nitrogens with one attached hydrogen (secondary N) is 2. The van der Waals surface area contributed by atoms with Gasteiger partial charge in [-0.1, -0.05) is 6.07 Å². The van der Waals surface area contributed by atoms with E-state index >= 15 is 0 Å². The number of aromatic carboxylic acids is 1. The Morgan fingerprint density at radius 1 is 1.38 bits per heavy atom. The third-order valence-electron chi connectivity index (χ3n) is 2.92. The molecule has 0 aliphatic rings. The average Bonchev–Trinajstić information content (AvgIpc) is 2.94. The molecule has 0 aliphatic heterocycles. The van der Waals surface area contributed by atoms with Crippen molar-refractivity contribution >= 4 is 17.7 Å². The summed E-state index contributed by atoms with van der Waals surface area (Å²) in [6, 6.07) is 6.01. The van der Waals surface area contributed by atoms with Crippen LogP contribution in [0.2, 0.25) is 0 Å². The number of benzene rings is 1. The van der Waals surface area contributed by atoms with E-state index in [-0.39, 0.29) is 11.6 Å². The maximum Gasteiger partial charge on any atom is 0.335 e. The lowest BCUT2D eigenvalue weighted by atomic mass is 10.1. The molecular weight excluding hydrogens is 272 g/mol. The fourth-order valence-corrected chi connectivity index (χ4v) is 1.77. The summed E-state index contributed by atoms with van der Waals surface area (Å²) in [4.78, 5) is 22.7. The zero-order valence-corrected chi connectivity index (χ0v) is 11.5. The van der Waals surface area contributed by atoms with Gasteiger partial charge in [-0.25, -0.2) is 9.59 Å². The maximum atomic E-state index is 11.8. The van der Waals surface area contributed by atoms with Gasteiger partial charge in [0.15, 0.2) is 0 Å². The molecule has 0 fully saturated rings. The SMILES string of the molecule is Cc1ccc(C(=O)O)cc1NC(=O)NCCn1cccn1. The van der Waals surface area contributed by atoms with Crippen molar-refractivity contribution in [1.82, 2.24) is 15.1 Å². The van der Waals surface area contributed by atoms with Crippen molar-refractivity contribution in [3.05, 3.63) is 47.8 Å². The van der Waals surface area contributed by atoms with E-state index in [1.165, 1.54) is 12.1 Å². The van der Waals surface area contributed by atoms with Crippen molar-refractivity contribution in [2.75, 3.05) is 11.9 Å². The number of carbonyl (C=O) groups is 2. The van der Waals surface area contributed by atoms with Crippen LogP contribution in [0.4, 0.5) is 10.5 Å². The van der Waals surface area contributed by atoms with E-state index < -0.39 is 5.97 Å². The monoisotopic (exact) mass is 288 g/mol. The Bertz CT molecular complexity index is 638. The van der Waals surface area contributed by atoms with Crippen LogP contribution in [0.5, 0.6) is 0 Å². The number of nitrogens with zero attached hydrogens (tertiary/aromatic N) is 2. The number of anilines is 1. The molecule has 2 aromatic rings. The van der Waals surface area contributed by atoms with Gasteiger partial charge < -0.3 is 15.7 Å². The van der Waals surface area contributed by atoms with Crippen molar-refractivity contribution in [3.8, 4) is 0 Å². The molecule has 110 valence electrons. The zero-order chi connectivity index (χ0) is 15.2. The van der Waals surface area contributed by atoms with Crippen LogP contribution >= 0.6 is 0 Å². The number of aromatic nitrogens is 2. The van der Waals surface area contributed by atoms with E-state index in [9.17, 15) is 9.59 Å². The molecule has 2 rings (SSSR count). The number of aryl methyl sites for hydroxylation is 1. The third-order valence-corrected chi connectivity index (χ3v) is 2.92. The van der Waals surface area contributed by atoms with Crippen molar-refractivity contribution < 1.29 is 14.7 Å². The zero-order valence-electron chi connectivity index (χ0n) is 11.5. The molecule has 7 heteroatoms. The second-order valence-corrected chi connectivity index (χ2v) is 4.48. The normalized spacial score (nSPS) is 10.1. The van der Waals surface area contributed by atoms with E-state index in [1.54, 1.807) is 36.1 Å². The summed E-state index contributed by atoms with van der Waals surface area (Å²) in [6.07, 6.45) is 3.47. The van der Waals surface area contributed by atoms with Gasteiger partial charge in [0, 0.05) is 24.6 Å². The Balaban J connectivity index is 1.90. The number of carboxylic acid groups (broad SMARTS) is 1. The second-order valence-electron chi connectivity index (χ2n) is 4.48. The first-order valence-electron chi connectivity index (χ1n) is 6.42. The number of carbonyl (C=O) groups excluding carboxylic acids is 1. The predicted octanol–water partition coefficient (Wildman–Crippen LogP) is 1.71. The van der Waals surface area contributed by atoms with Gasteiger partial charge in [-0.05, 0) is 30.7 Å². The molecular formula is C14H16N4O3. The molecule has 3 N–H and O–H groups in total. The van der Waals surface area contributed by atoms with Gasteiger partial charge in [0.25, 0.3) is 0 Å². The molecule has 1 aromatic heterocycles. The number of hydrogen-bond acceptors (Lipinski definition) is 3. The summed E-state index contributed by atoms with van der Waals surface area (Å²) in [6.45, 7) is 2.78. The Hall–Kier alpha value is -2.83. The van der Waals surface area contributed by atoms with Crippen LogP contribution in [-0.4, -0.2) is 33.4 Å². The summed E-state index contributed by atoms with van der Waals surface area (Å²) in [5.41, 5.74) is 1.40. The van der Waals surface area contributed by atoms with Crippen LogP contribution < -0.4 is 10.6 Å². The standard InChI is InChI=1S/C14H16N4O3/c1-10-3-4-11(13(19)20)9-12(10)17-14(21)15-6-8-18-7-2-5-16-18/h2-5,7,9H,6,8H2,1H3,(H,19,20)(H2,15,17,21). The van der Waals surface area contributed by atoms with Gasteiger partial charge in [-0.3, -0.25) is 4.68 Å². The fourth-order valence-electron chi connectivity index (χ4n) is 1.77. The third kappa shape index (κ3) is 4.07. The number of carboxylic acids is 1. The van der Waals surface area contributed by atoms with Crippen molar-refractivity contribution in [1.29, 1.82) is 0 Å². The van der Waals surface area contributed by atoms with Crippen molar-refractivity contribution in [3.63, 3.8) is 0 Å². The molecule has 0 spiro atoms.